The molecule has 4 heterocycles. The van der Waals surface area contributed by atoms with E-state index >= 15 is 0 Å². The quantitative estimate of drug-likeness (QED) is 0.335. The third-order valence-corrected chi connectivity index (χ3v) is 10.4. The van der Waals surface area contributed by atoms with E-state index in [-0.39, 0.29) is 23.6 Å². The lowest BCUT2D eigenvalue weighted by atomic mass is 9.80. The van der Waals surface area contributed by atoms with E-state index in [0.717, 1.165) is 43.7 Å². The lowest BCUT2D eigenvalue weighted by molar-refractivity contribution is -0.137. The van der Waals surface area contributed by atoms with Gasteiger partial charge in [-0.3, -0.25) is 34.1 Å². The Kier molecular flexibility index (Phi) is 7.14. The summed E-state index contributed by atoms with van der Waals surface area (Å²) >= 11 is 0. The van der Waals surface area contributed by atoms with Gasteiger partial charge in [0, 0.05) is 30.1 Å². The van der Waals surface area contributed by atoms with E-state index < -0.39 is 35.7 Å². The number of aromatic nitrogens is 2. The lowest BCUT2D eigenvalue weighted by Gasteiger charge is -2.39. The molecular weight excluding hydrogens is 568 g/mol. The molecule has 3 aromatic rings. The number of imide groups is 2. The molecule has 2 atom stereocenters. The number of hydrogen-bond acceptors (Lipinski definition) is 7. The Hall–Kier alpha value is -4.15. The number of amides is 4. The second kappa shape index (κ2) is 11.3. The summed E-state index contributed by atoms with van der Waals surface area (Å²) < 4.78 is 2.18. The molecule has 10 nitrogen and oxygen atoms in total. The zero-order chi connectivity index (χ0) is 30.7. The van der Waals surface area contributed by atoms with Crippen LogP contribution < -0.4 is 16.0 Å². The number of fused-ring (bicyclic) bond motifs is 1. The number of carbonyl (C=O) groups is 4. The second-order valence-electron chi connectivity index (χ2n) is 13.4. The van der Waals surface area contributed by atoms with E-state index in [9.17, 15) is 19.2 Å². The predicted molar refractivity (Wildman–Crippen MR) is 167 cm³/mol. The van der Waals surface area contributed by atoms with E-state index in [4.69, 9.17) is 5.10 Å². The van der Waals surface area contributed by atoms with E-state index in [1.807, 2.05) is 0 Å². The first-order valence-corrected chi connectivity index (χ1v) is 16.4. The second-order valence-corrected chi connectivity index (χ2v) is 13.4. The van der Waals surface area contributed by atoms with E-state index in [0.29, 0.717) is 24.3 Å². The van der Waals surface area contributed by atoms with Gasteiger partial charge in [0.25, 0.3) is 17.7 Å². The van der Waals surface area contributed by atoms with Gasteiger partial charge in [-0.25, -0.2) is 0 Å². The molecule has 2 saturated carbocycles. The molecule has 10 heteroatoms. The predicted octanol–water partition coefficient (Wildman–Crippen LogP) is 3.52. The summed E-state index contributed by atoms with van der Waals surface area (Å²) in [5, 5.41) is 14.4. The van der Waals surface area contributed by atoms with Crippen LogP contribution in [0, 0.1) is 5.92 Å². The van der Waals surface area contributed by atoms with Crippen molar-refractivity contribution in [1.29, 1.82) is 0 Å². The Morgan fingerprint density at radius 3 is 2.16 bits per heavy atom. The average Bonchev–Trinajstić information content (AvgIpc) is 3.74. The highest BCUT2D eigenvalue weighted by Gasteiger charge is 2.49. The number of nitrogens with zero attached hydrogens (tertiary/aromatic N) is 3. The van der Waals surface area contributed by atoms with Gasteiger partial charge >= 0.3 is 0 Å². The third-order valence-electron chi connectivity index (χ3n) is 10.4. The van der Waals surface area contributed by atoms with Crippen LogP contribution in [0.1, 0.15) is 94.8 Å². The molecule has 4 fully saturated rings. The Morgan fingerprint density at radius 1 is 0.800 bits per heavy atom. The highest BCUT2D eigenvalue weighted by molar-refractivity contribution is 6.23. The van der Waals surface area contributed by atoms with Crippen molar-refractivity contribution in [3.63, 3.8) is 0 Å². The zero-order valence-corrected chi connectivity index (χ0v) is 25.2. The van der Waals surface area contributed by atoms with Crippen molar-refractivity contribution < 1.29 is 19.2 Å². The summed E-state index contributed by atoms with van der Waals surface area (Å²) in [5.74, 6) is -0.586. The van der Waals surface area contributed by atoms with Gasteiger partial charge in [-0.1, -0.05) is 36.4 Å². The largest absolute Gasteiger partial charge is 0.317 e. The van der Waals surface area contributed by atoms with Crippen molar-refractivity contribution in [3.05, 3.63) is 77.1 Å². The van der Waals surface area contributed by atoms with Crippen molar-refractivity contribution in [2.75, 3.05) is 19.6 Å². The summed E-state index contributed by atoms with van der Waals surface area (Å²) in [7, 11) is 0. The van der Waals surface area contributed by atoms with Gasteiger partial charge in [0.05, 0.1) is 22.9 Å². The summed E-state index contributed by atoms with van der Waals surface area (Å²) in [5.41, 5.74) is 5.85. The molecular formula is C35H38N6O4. The molecule has 3 aliphatic heterocycles. The Labute approximate surface area is 261 Å². The van der Waals surface area contributed by atoms with Crippen LogP contribution >= 0.6 is 0 Å². The Bertz CT molecular complexity index is 1650. The molecule has 0 bridgehead atoms. The molecule has 2 unspecified atom stereocenters. The van der Waals surface area contributed by atoms with Crippen molar-refractivity contribution in [1.82, 2.24) is 30.6 Å². The minimum absolute atomic E-state index is 0.0176. The van der Waals surface area contributed by atoms with Gasteiger partial charge in [0.15, 0.2) is 0 Å². The highest BCUT2D eigenvalue weighted by atomic mass is 16.2. The van der Waals surface area contributed by atoms with Crippen LogP contribution in [0.15, 0.2) is 54.7 Å². The number of rotatable bonds is 8. The first-order chi connectivity index (χ1) is 22.0. The topological polar surface area (TPSA) is 125 Å². The molecule has 2 saturated heterocycles. The molecule has 0 radical (unpaired) electrons. The average molecular weight is 607 g/mol. The fourth-order valence-corrected chi connectivity index (χ4v) is 7.79. The van der Waals surface area contributed by atoms with Gasteiger partial charge in [0.2, 0.25) is 5.91 Å². The molecule has 45 heavy (non-hydrogen) atoms. The zero-order valence-electron chi connectivity index (χ0n) is 25.2. The first-order valence-electron chi connectivity index (χ1n) is 16.4. The van der Waals surface area contributed by atoms with Gasteiger partial charge in [0.1, 0.15) is 6.04 Å². The normalized spacial score (nSPS) is 27.0. The molecule has 0 spiro atoms. The molecule has 5 aliphatic rings. The Balaban J connectivity index is 0.959. The number of hydrogen-bond donors (Lipinski definition) is 3. The van der Waals surface area contributed by atoms with Crippen LogP contribution in [0.4, 0.5) is 0 Å². The van der Waals surface area contributed by atoms with E-state index in [1.165, 1.54) is 35.2 Å². The standard InChI is InChI=1S/C35H38N6O4/c42-30-17-29(32(33(43)38-30)41-34(44)26-7-3-4-8-27(26)35(41)45)37-18-20-15-23(16-20)40-19-28(31(39-40)22-9-10-22)25-6-2-1-5-24(25)21-11-13-36-14-12-21/h1-8,19-23,29,32,36-37H,9-18H2,(H,38,42,43). The maximum Gasteiger partial charge on any atom is 0.262 e. The van der Waals surface area contributed by atoms with Crippen molar-refractivity contribution in [2.24, 2.45) is 5.92 Å². The van der Waals surface area contributed by atoms with Crippen molar-refractivity contribution in [2.45, 2.75) is 74.9 Å². The van der Waals surface area contributed by atoms with Gasteiger partial charge in [-0.15, -0.1) is 0 Å². The SMILES string of the molecule is O=C1CC(NCC2CC(n3cc(-c4ccccc4C4CCNCC4)c(C4CC4)n3)C2)C(N2C(=O)c3ccccc3C2=O)C(=O)N1. The molecule has 8 rings (SSSR count). The van der Waals surface area contributed by atoms with E-state index in [2.05, 4.69) is 51.1 Å². The highest BCUT2D eigenvalue weighted by Crippen LogP contribution is 2.47. The van der Waals surface area contributed by atoms with Crippen LogP contribution in [-0.4, -0.2) is 70.0 Å². The molecule has 3 N–H and O–H groups in total. The van der Waals surface area contributed by atoms with Crippen LogP contribution in [0.3, 0.4) is 0 Å². The first kappa shape index (κ1) is 28.3. The van der Waals surface area contributed by atoms with Gasteiger partial charge < -0.3 is 10.6 Å². The summed E-state index contributed by atoms with van der Waals surface area (Å²) in [6.45, 7) is 2.71. The maximum atomic E-state index is 13.2. The minimum atomic E-state index is -1.08. The molecule has 232 valence electrons. The number of benzene rings is 2. The van der Waals surface area contributed by atoms with E-state index in [1.54, 1.807) is 24.3 Å². The van der Waals surface area contributed by atoms with Crippen LogP contribution in [0.5, 0.6) is 0 Å². The number of piperidine rings is 2. The van der Waals surface area contributed by atoms with Crippen molar-refractivity contribution in [3.8, 4) is 11.1 Å². The van der Waals surface area contributed by atoms with Crippen LogP contribution in [0.25, 0.3) is 11.1 Å². The molecule has 4 amide bonds. The molecule has 2 aromatic carbocycles. The van der Waals surface area contributed by atoms with Crippen LogP contribution in [-0.2, 0) is 9.59 Å². The fourth-order valence-electron chi connectivity index (χ4n) is 7.79. The summed E-state index contributed by atoms with van der Waals surface area (Å²) in [6.07, 6.45) is 8.84. The number of carbonyl (C=O) groups excluding carboxylic acids is 4. The van der Waals surface area contributed by atoms with Gasteiger partial charge in [-0.2, -0.15) is 5.10 Å². The minimum Gasteiger partial charge on any atom is -0.317 e. The lowest BCUT2D eigenvalue weighted by Crippen LogP contribution is -2.65. The van der Waals surface area contributed by atoms with Crippen LogP contribution in [0.2, 0.25) is 0 Å². The monoisotopic (exact) mass is 606 g/mol. The fraction of sp³-hybridized carbons (Fsp3) is 0.457. The maximum absolute atomic E-state index is 13.2. The molecule has 2 aliphatic carbocycles. The van der Waals surface area contributed by atoms with Gasteiger partial charge in [-0.05, 0) is 93.3 Å². The summed E-state index contributed by atoms with van der Waals surface area (Å²) in [6, 6.07) is 14.0. The summed E-state index contributed by atoms with van der Waals surface area (Å²) in [4.78, 5) is 52.8. The third kappa shape index (κ3) is 5.10. The molecule has 1 aromatic heterocycles. The smallest absolute Gasteiger partial charge is 0.262 e. The Morgan fingerprint density at radius 2 is 1.47 bits per heavy atom. The number of nitrogens with one attached hydrogen (secondary N) is 3. The van der Waals surface area contributed by atoms with Crippen molar-refractivity contribution >= 4 is 23.6 Å².